The smallest absolute Gasteiger partial charge is 0.280 e. The lowest BCUT2D eigenvalue weighted by molar-refractivity contribution is -0.385. The maximum absolute atomic E-state index is 11.5. The highest BCUT2D eigenvalue weighted by Crippen LogP contribution is 2.23. The third-order valence-electron chi connectivity index (χ3n) is 1.83. The second kappa shape index (κ2) is 4.86. The molecule has 2 N–H and O–H groups in total. The summed E-state index contributed by atoms with van der Waals surface area (Å²) >= 11 is 5.66. The molecule has 0 radical (unpaired) electrons. The van der Waals surface area contributed by atoms with Gasteiger partial charge in [0.15, 0.2) is 5.78 Å². The van der Waals surface area contributed by atoms with Gasteiger partial charge in [-0.3, -0.25) is 14.9 Å². The number of hydrogen-bond acceptors (Lipinski definition) is 4. The van der Waals surface area contributed by atoms with Crippen LogP contribution in [0.5, 0.6) is 0 Å². The van der Waals surface area contributed by atoms with Crippen LogP contribution in [0, 0.1) is 10.1 Å². The molecule has 6 heteroatoms. The Bertz CT molecular complexity index is 406. The third-order valence-corrected chi connectivity index (χ3v) is 2.06. The predicted octanol–water partition coefficient (Wildman–Crippen LogP) is 1.78. The molecule has 5 nitrogen and oxygen atoms in total. The van der Waals surface area contributed by atoms with Gasteiger partial charge in [0, 0.05) is 17.5 Å². The maximum atomic E-state index is 11.5. The van der Waals surface area contributed by atoms with Gasteiger partial charge in [-0.2, -0.15) is 0 Å². The van der Waals surface area contributed by atoms with E-state index >= 15 is 0 Å². The van der Waals surface area contributed by atoms with Crippen molar-refractivity contribution in [2.75, 3.05) is 6.54 Å². The van der Waals surface area contributed by atoms with Crippen molar-refractivity contribution in [3.63, 3.8) is 0 Å². The van der Waals surface area contributed by atoms with Crippen LogP contribution in [0.25, 0.3) is 0 Å². The van der Waals surface area contributed by atoms with Gasteiger partial charge in [0.05, 0.1) is 10.5 Å². The van der Waals surface area contributed by atoms with Gasteiger partial charge in [0.2, 0.25) is 0 Å². The molecule has 80 valence electrons. The van der Waals surface area contributed by atoms with Crippen LogP contribution in [0.3, 0.4) is 0 Å². The van der Waals surface area contributed by atoms with Gasteiger partial charge in [-0.05, 0) is 18.7 Å². The molecular weight excluding hydrogens is 220 g/mol. The molecule has 0 unspecified atom stereocenters. The van der Waals surface area contributed by atoms with Gasteiger partial charge in [-0.1, -0.05) is 11.6 Å². The summed E-state index contributed by atoms with van der Waals surface area (Å²) in [4.78, 5) is 21.5. The van der Waals surface area contributed by atoms with Crippen molar-refractivity contribution in [2.45, 2.75) is 6.42 Å². The number of rotatable bonds is 4. The number of benzene rings is 1. The topological polar surface area (TPSA) is 86.2 Å². The molecule has 0 fully saturated rings. The Kier molecular flexibility index (Phi) is 3.76. The largest absolute Gasteiger partial charge is 0.330 e. The van der Waals surface area contributed by atoms with Crippen LogP contribution in [-0.2, 0) is 0 Å². The Labute approximate surface area is 91.0 Å². The summed E-state index contributed by atoms with van der Waals surface area (Å²) in [5.74, 6) is -0.369. The number of nitrogens with zero attached hydrogens (tertiary/aromatic N) is 1. The van der Waals surface area contributed by atoms with E-state index < -0.39 is 4.92 Å². The van der Waals surface area contributed by atoms with Gasteiger partial charge < -0.3 is 5.73 Å². The van der Waals surface area contributed by atoms with Crippen LogP contribution in [0.4, 0.5) is 5.69 Å². The van der Waals surface area contributed by atoms with Crippen LogP contribution in [0.1, 0.15) is 16.8 Å². The lowest BCUT2D eigenvalue weighted by atomic mass is 10.1. The highest BCUT2D eigenvalue weighted by atomic mass is 35.5. The van der Waals surface area contributed by atoms with Crippen LogP contribution < -0.4 is 5.73 Å². The summed E-state index contributed by atoms with van der Waals surface area (Å²) in [6, 6.07) is 3.88. The van der Waals surface area contributed by atoms with Crippen LogP contribution in [0.15, 0.2) is 18.2 Å². The van der Waals surface area contributed by atoms with Crippen molar-refractivity contribution in [1.29, 1.82) is 0 Å². The standard InChI is InChI=1S/C9H9ClN2O3/c10-6-1-2-8(12(14)15)7(5-6)9(13)3-4-11/h1-2,5H,3-4,11H2. The van der Waals surface area contributed by atoms with Crippen molar-refractivity contribution < 1.29 is 9.72 Å². The van der Waals surface area contributed by atoms with Crippen molar-refractivity contribution in [2.24, 2.45) is 5.73 Å². The van der Waals surface area contributed by atoms with Crippen LogP contribution >= 0.6 is 11.6 Å². The summed E-state index contributed by atoms with van der Waals surface area (Å²) in [6.45, 7) is 0.155. The number of nitro benzene ring substituents is 1. The minimum Gasteiger partial charge on any atom is -0.330 e. The fraction of sp³-hybridized carbons (Fsp3) is 0.222. The number of nitrogens with two attached hydrogens (primary N) is 1. The lowest BCUT2D eigenvalue weighted by Gasteiger charge is -2.01. The van der Waals surface area contributed by atoms with Crippen LogP contribution in [0.2, 0.25) is 5.02 Å². The number of carbonyl (C=O) groups is 1. The van der Waals surface area contributed by atoms with E-state index in [9.17, 15) is 14.9 Å². The van der Waals surface area contributed by atoms with E-state index in [1.54, 1.807) is 0 Å². The van der Waals surface area contributed by atoms with Crippen molar-refractivity contribution in [3.05, 3.63) is 38.9 Å². The minimum absolute atomic E-state index is 0.0120. The zero-order valence-corrected chi connectivity index (χ0v) is 8.53. The van der Waals surface area contributed by atoms with Crippen LogP contribution in [-0.4, -0.2) is 17.3 Å². The average Bonchev–Trinajstić information content (AvgIpc) is 2.17. The molecule has 0 heterocycles. The fourth-order valence-electron chi connectivity index (χ4n) is 1.16. The second-order valence-corrected chi connectivity index (χ2v) is 3.32. The van der Waals surface area contributed by atoms with E-state index in [0.717, 1.165) is 0 Å². The monoisotopic (exact) mass is 228 g/mol. The Morgan fingerprint density at radius 2 is 2.20 bits per heavy atom. The first kappa shape index (κ1) is 11.6. The quantitative estimate of drug-likeness (QED) is 0.483. The Hall–Kier alpha value is -1.46. The molecule has 0 bridgehead atoms. The van der Waals surface area contributed by atoms with Crippen molar-refractivity contribution in [1.82, 2.24) is 0 Å². The Morgan fingerprint density at radius 1 is 1.53 bits per heavy atom. The molecule has 0 saturated carbocycles. The molecule has 0 atom stereocenters. The van der Waals surface area contributed by atoms with E-state index in [1.165, 1.54) is 18.2 Å². The van der Waals surface area contributed by atoms with E-state index in [-0.39, 0.29) is 30.0 Å². The summed E-state index contributed by atoms with van der Waals surface area (Å²) in [5, 5.41) is 10.9. The van der Waals surface area contributed by atoms with E-state index in [1.807, 2.05) is 0 Å². The molecule has 0 saturated heterocycles. The fourth-order valence-corrected chi connectivity index (χ4v) is 1.33. The van der Waals surface area contributed by atoms with E-state index in [2.05, 4.69) is 0 Å². The van der Waals surface area contributed by atoms with E-state index in [4.69, 9.17) is 17.3 Å². The summed E-state index contributed by atoms with van der Waals surface area (Å²) in [6.07, 6.45) is 0.0706. The third kappa shape index (κ3) is 2.74. The lowest BCUT2D eigenvalue weighted by Crippen LogP contribution is -2.10. The Balaban J connectivity index is 3.18. The van der Waals surface area contributed by atoms with Gasteiger partial charge in [0.25, 0.3) is 5.69 Å². The predicted molar refractivity (Wildman–Crippen MR) is 56.1 cm³/mol. The minimum atomic E-state index is -0.611. The molecule has 0 aliphatic carbocycles. The highest BCUT2D eigenvalue weighted by Gasteiger charge is 2.19. The zero-order valence-electron chi connectivity index (χ0n) is 7.77. The number of hydrogen-bond donors (Lipinski definition) is 1. The number of halogens is 1. The number of carbonyl (C=O) groups excluding carboxylic acids is 1. The van der Waals surface area contributed by atoms with Gasteiger partial charge in [-0.25, -0.2) is 0 Å². The molecule has 0 spiro atoms. The molecule has 0 aromatic heterocycles. The van der Waals surface area contributed by atoms with Gasteiger partial charge in [-0.15, -0.1) is 0 Å². The number of ketones is 1. The molecular formula is C9H9ClN2O3. The van der Waals surface area contributed by atoms with Crippen molar-refractivity contribution in [3.8, 4) is 0 Å². The van der Waals surface area contributed by atoms with E-state index in [0.29, 0.717) is 5.02 Å². The Morgan fingerprint density at radius 3 is 2.73 bits per heavy atom. The zero-order chi connectivity index (χ0) is 11.4. The van der Waals surface area contributed by atoms with Gasteiger partial charge >= 0.3 is 0 Å². The molecule has 1 rings (SSSR count). The molecule has 0 aliphatic heterocycles. The normalized spacial score (nSPS) is 10.0. The highest BCUT2D eigenvalue weighted by molar-refractivity contribution is 6.31. The van der Waals surface area contributed by atoms with Gasteiger partial charge in [0.1, 0.15) is 0 Å². The average molecular weight is 229 g/mol. The first-order chi connectivity index (χ1) is 7.06. The summed E-state index contributed by atoms with van der Waals surface area (Å²) in [7, 11) is 0. The molecule has 15 heavy (non-hydrogen) atoms. The molecule has 0 amide bonds. The molecule has 1 aromatic rings. The number of nitro groups is 1. The van der Waals surface area contributed by atoms with Crippen molar-refractivity contribution >= 4 is 23.1 Å². The maximum Gasteiger partial charge on any atom is 0.280 e. The first-order valence-corrected chi connectivity index (χ1v) is 4.61. The number of Topliss-reactive ketones (excluding diaryl/α,β-unsaturated/α-hetero) is 1. The summed E-state index contributed by atoms with van der Waals surface area (Å²) in [5.41, 5.74) is 4.98. The second-order valence-electron chi connectivity index (χ2n) is 2.88. The SMILES string of the molecule is NCCC(=O)c1cc(Cl)ccc1[N+](=O)[O-]. The summed E-state index contributed by atoms with van der Waals surface area (Å²) < 4.78 is 0. The molecule has 0 aliphatic rings. The first-order valence-electron chi connectivity index (χ1n) is 4.23. The molecule has 1 aromatic carbocycles.